The van der Waals surface area contributed by atoms with Crippen LogP contribution in [-0.2, 0) is 9.59 Å². The Morgan fingerprint density at radius 2 is 1.85 bits per heavy atom. The molecule has 1 saturated carbocycles. The first-order valence-corrected chi connectivity index (χ1v) is 7.44. The number of benzene rings is 1. The molecule has 2 N–H and O–H groups in total. The van der Waals surface area contributed by atoms with Crippen molar-refractivity contribution in [2.24, 2.45) is 11.8 Å². The SMILES string of the molecule is CC(C)(C)NC(=O)C1CC1C(=O)Nc1cccc(Br)c1. The summed E-state index contributed by atoms with van der Waals surface area (Å²) in [6.45, 7) is 5.80. The molecule has 2 unspecified atom stereocenters. The van der Waals surface area contributed by atoms with Gasteiger partial charge in [0.15, 0.2) is 0 Å². The van der Waals surface area contributed by atoms with Gasteiger partial charge in [0.1, 0.15) is 0 Å². The lowest BCUT2D eigenvalue weighted by Gasteiger charge is -2.20. The van der Waals surface area contributed by atoms with Gasteiger partial charge in [-0.1, -0.05) is 22.0 Å². The Hall–Kier alpha value is -1.36. The van der Waals surface area contributed by atoms with E-state index >= 15 is 0 Å². The molecule has 0 aliphatic heterocycles. The van der Waals surface area contributed by atoms with Gasteiger partial charge >= 0.3 is 0 Å². The van der Waals surface area contributed by atoms with Crippen LogP contribution in [0.15, 0.2) is 28.7 Å². The van der Waals surface area contributed by atoms with E-state index < -0.39 is 0 Å². The standard InChI is InChI=1S/C15H19BrN2O2/c1-15(2,3)18-14(20)12-8-11(12)13(19)17-10-6-4-5-9(16)7-10/h4-7,11-12H,8H2,1-3H3,(H,17,19)(H,18,20). The average molecular weight is 339 g/mol. The second-order valence-corrected chi connectivity index (χ2v) is 7.10. The van der Waals surface area contributed by atoms with Crippen molar-refractivity contribution in [3.63, 3.8) is 0 Å². The molecule has 20 heavy (non-hydrogen) atoms. The normalized spacial score (nSPS) is 21.2. The van der Waals surface area contributed by atoms with Crippen LogP contribution in [0.25, 0.3) is 0 Å². The van der Waals surface area contributed by atoms with Crippen molar-refractivity contribution in [3.05, 3.63) is 28.7 Å². The van der Waals surface area contributed by atoms with Crippen molar-refractivity contribution in [1.29, 1.82) is 0 Å². The predicted octanol–water partition coefficient (Wildman–Crippen LogP) is 2.94. The number of halogens is 1. The first kappa shape index (κ1) is 15.0. The molecule has 0 heterocycles. The first-order valence-electron chi connectivity index (χ1n) is 6.65. The lowest BCUT2D eigenvalue weighted by molar-refractivity contribution is -0.126. The minimum absolute atomic E-state index is 0.0353. The number of carbonyl (C=O) groups excluding carboxylic acids is 2. The summed E-state index contributed by atoms with van der Waals surface area (Å²) in [4.78, 5) is 24.0. The maximum atomic E-state index is 12.1. The smallest absolute Gasteiger partial charge is 0.228 e. The van der Waals surface area contributed by atoms with E-state index in [2.05, 4.69) is 26.6 Å². The lowest BCUT2D eigenvalue weighted by atomic mass is 10.1. The van der Waals surface area contributed by atoms with Gasteiger partial charge in [-0.25, -0.2) is 0 Å². The summed E-state index contributed by atoms with van der Waals surface area (Å²) in [7, 11) is 0. The second kappa shape index (κ2) is 5.56. The zero-order valence-electron chi connectivity index (χ0n) is 11.9. The number of hydrogen-bond donors (Lipinski definition) is 2. The summed E-state index contributed by atoms with van der Waals surface area (Å²) in [5.41, 5.74) is 0.483. The molecule has 108 valence electrons. The fraction of sp³-hybridized carbons (Fsp3) is 0.467. The first-order chi connectivity index (χ1) is 9.26. The molecule has 0 bridgehead atoms. The van der Waals surface area contributed by atoms with E-state index in [0.717, 1.165) is 10.2 Å². The Kier molecular flexibility index (Phi) is 4.18. The third kappa shape index (κ3) is 4.07. The number of hydrogen-bond acceptors (Lipinski definition) is 2. The summed E-state index contributed by atoms with van der Waals surface area (Å²) < 4.78 is 0.910. The quantitative estimate of drug-likeness (QED) is 0.890. The summed E-state index contributed by atoms with van der Waals surface area (Å²) in [6, 6.07) is 7.42. The van der Waals surface area contributed by atoms with Gasteiger partial charge < -0.3 is 10.6 Å². The third-order valence-electron chi connectivity index (χ3n) is 3.05. The van der Waals surface area contributed by atoms with E-state index in [9.17, 15) is 9.59 Å². The van der Waals surface area contributed by atoms with E-state index in [4.69, 9.17) is 0 Å². The molecule has 1 fully saturated rings. The van der Waals surface area contributed by atoms with Gasteiger partial charge in [0.2, 0.25) is 11.8 Å². The van der Waals surface area contributed by atoms with Gasteiger partial charge in [0.25, 0.3) is 0 Å². The van der Waals surface area contributed by atoms with Crippen LogP contribution in [0, 0.1) is 11.8 Å². The molecule has 0 spiro atoms. The van der Waals surface area contributed by atoms with E-state index in [1.165, 1.54) is 0 Å². The maximum absolute atomic E-state index is 12.1. The van der Waals surface area contributed by atoms with Crippen LogP contribution in [0.2, 0.25) is 0 Å². The minimum atomic E-state index is -0.259. The molecule has 1 aromatic rings. The van der Waals surface area contributed by atoms with Crippen molar-refractivity contribution in [2.45, 2.75) is 32.7 Å². The molecule has 0 aromatic heterocycles. The molecule has 1 aromatic carbocycles. The average Bonchev–Trinajstić information content (AvgIpc) is 3.06. The number of anilines is 1. The highest BCUT2D eigenvalue weighted by Crippen LogP contribution is 2.40. The van der Waals surface area contributed by atoms with Gasteiger partial charge in [-0.3, -0.25) is 9.59 Å². The van der Waals surface area contributed by atoms with Crippen LogP contribution in [-0.4, -0.2) is 17.4 Å². The number of rotatable bonds is 3. The van der Waals surface area contributed by atoms with Crippen LogP contribution in [0.3, 0.4) is 0 Å². The van der Waals surface area contributed by atoms with E-state index in [1.54, 1.807) is 0 Å². The van der Waals surface area contributed by atoms with E-state index in [-0.39, 0.29) is 29.2 Å². The summed E-state index contributed by atoms with van der Waals surface area (Å²) in [6.07, 6.45) is 0.627. The molecule has 5 heteroatoms. The summed E-state index contributed by atoms with van der Waals surface area (Å²) >= 11 is 3.36. The Balaban J connectivity index is 1.89. The third-order valence-corrected chi connectivity index (χ3v) is 3.55. The molecule has 0 radical (unpaired) electrons. The van der Waals surface area contributed by atoms with Gasteiger partial charge in [0.05, 0.1) is 11.8 Å². The predicted molar refractivity (Wildman–Crippen MR) is 82.3 cm³/mol. The highest BCUT2D eigenvalue weighted by atomic mass is 79.9. The van der Waals surface area contributed by atoms with Crippen LogP contribution >= 0.6 is 15.9 Å². The maximum Gasteiger partial charge on any atom is 0.228 e. The topological polar surface area (TPSA) is 58.2 Å². The van der Waals surface area contributed by atoms with Gasteiger partial charge in [-0.2, -0.15) is 0 Å². The molecule has 4 nitrogen and oxygen atoms in total. The molecule has 1 aliphatic carbocycles. The summed E-state index contributed by atoms with van der Waals surface area (Å²) in [5.74, 6) is -0.526. The van der Waals surface area contributed by atoms with E-state index in [1.807, 2.05) is 45.0 Å². The molecular formula is C15H19BrN2O2. The Morgan fingerprint density at radius 3 is 2.45 bits per heavy atom. The minimum Gasteiger partial charge on any atom is -0.351 e. The largest absolute Gasteiger partial charge is 0.351 e. The fourth-order valence-electron chi connectivity index (χ4n) is 2.04. The van der Waals surface area contributed by atoms with Crippen molar-refractivity contribution in [2.75, 3.05) is 5.32 Å². The Labute approximate surface area is 127 Å². The van der Waals surface area contributed by atoms with Gasteiger partial charge in [0, 0.05) is 15.7 Å². The Morgan fingerprint density at radius 1 is 1.20 bits per heavy atom. The van der Waals surface area contributed by atoms with Crippen molar-refractivity contribution in [3.8, 4) is 0 Å². The molecular weight excluding hydrogens is 320 g/mol. The van der Waals surface area contributed by atoms with E-state index in [0.29, 0.717) is 6.42 Å². The van der Waals surface area contributed by atoms with Gasteiger partial charge in [-0.05, 0) is 45.4 Å². The molecule has 1 aliphatic rings. The van der Waals surface area contributed by atoms with Crippen LogP contribution < -0.4 is 10.6 Å². The fourth-order valence-corrected chi connectivity index (χ4v) is 2.44. The molecule has 2 atom stereocenters. The zero-order valence-corrected chi connectivity index (χ0v) is 13.5. The zero-order chi connectivity index (χ0) is 14.9. The molecule has 2 rings (SSSR count). The molecule has 2 amide bonds. The number of carbonyl (C=O) groups is 2. The van der Waals surface area contributed by atoms with Crippen LogP contribution in [0.4, 0.5) is 5.69 Å². The van der Waals surface area contributed by atoms with Crippen molar-refractivity contribution < 1.29 is 9.59 Å². The number of amides is 2. The van der Waals surface area contributed by atoms with Crippen molar-refractivity contribution in [1.82, 2.24) is 5.32 Å². The lowest BCUT2D eigenvalue weighted by Crippen LogP contribution is -2.42. The number of nitrogens with one attached hydrogen (secondary N) is 2. The highest BCUT2D eigenvalue weighted by Gasteiger charge is 2.48. The second-order valence-electron chi connectivity index (χ2n) is 6.19. The van der Waals surface area contributed by atoms with Gasteiger partial charge in [-0.15, -0.1) is 0 Å². The summed E-state index contributed by atoms with van der Waals surface area (Å²) in [5, 5.41) is 5.76. The van der Waals surface area contributed by atoms with Crippen LogP contribution in [0.5, 0.6) is 0 Å². The monoisotopic (exact) mass is 338 g/mol. The Bertz CT molecular complexity index is 537. The highest BCUT2D eigenvalue weighted by molar-refractivity contribution is 9.10. The van der Waals surface area contributed by atoms with Crippen molar-refractivity contribution >= 4 is 33.4 Å². The molecule has 0 saturated heterocycles. The van der Waals surface area contributed by atoms with Crippen LogP contribution in [0.1, 0.15) is 27.2 Å².